The van der Waals surface area contributed by atoms with Crippen LogP contribution >= 0.6 is 0 Å². The zero-order valence-corrected chi connectivity index (χ0v) is 11.0. The molecule has 1 unspecified atom stereocenters. The molecule has 0 spiro atoms. The first-order valence-corrected chi connectivity index (χ1v) is 6.78. The largest absolute Gasteiger partial charge is 0.480 e. The van der Waals surface area contributed by atoms with Gasteiger partial charge in [-0.3, -0.25) is 4.79 Å². The lowest BCUT2D eigenvalue weighted by Crippen LogP contribution is -2.44. The van der Waals surface area contributed by atoms with Crippen molar-refractivity contribution in [2.75, 3.05) is 6.54 Å². The van der Waals surface area contributed by atoms with Gasteiger partial charge in [0.15, 0.2) is 6.04 Å². The van der Waals surface area contributed by atoms with Gasteiger partial charge in [-0.15, -0.1) is 0 Å². The highest BCUT2D eigenvalue weighted by atomic mass is 16.4. The van der Waals surface area contributed by atoms with Crippen LogP contribution < -0.4 is 0 Å². The highest BCUT2D eigenvalue weighted by Gasteiger charge is 2.40. The number of carbonyl (C=O) groups is 2. The van der Waals surface area contributed by atoms with Gasteiger partial charge >= 0.3 is 5.97 Å². The fourth-order valence-electron chi connectivity index (χ4n) is 2.38. The van der Waals surface area contributed by atoms with Gasteiger partial charge in [-0.05, 0) is 12.8 Å². The number of unbranched alkanes of at least 4 members (excludes halogenated alkanes) is 4. The predicted octanol–water partition coefficient (Wildman–Crippen LogP) is 1.39. The molecule has 1 saturated heterocycles. The van der Waals surface area contributed by atoms with Crippen molar-refractivity contribution in [1.29, 1.82) is 0 Å². The zero-order chi connectivity index (χ0) is 13.5. The molecule has 0 radical (unpaired) electrons. The second-order valence-corrected chi connectivity index (χ2v) is 4.89. The predicted molar refractivity (Wildman–Crippen MR) is 67.1 cm³/mol. The molecule has 5 heteroatoms. The van der Waals surface area contributed by atoms with E-state index >= 15 is 0 Å². The Morgan fingerprint density at radius 3 is 2.50 bits per heavy atom. The molecule has 104 valence electrons. The Labute approximate surface area is 108 Å². The van der Waals surface area contributed by atoms with Crippen molar-refractivity contribution in [3.8, 4) is 0 Å². The van der Waals surface area contributed by atoms with Crippen LogP contribution in [-0.2, 0) is 9.59 Å². The number of aliphatic hydroxyl groups excluding tert-OH is 1. The van der Waals surface area contributed by atoms with E-state index in [2.05, 4.69) is 6.92 Å². The summed E-state index contributed by atoms with van der Waals surface area (Å²) in [5.41, 5.74) is 0. The number of hydrogen-bond donors (Lipinski definition) is 2. The second kappa shape index (κ2) is 7.36. The lowest BCUT2D eigenvalue weighted by Gasteiger charge is -2.22. The summed E-state index contributed by atoms with van der Waals surface area (Å²) in [5, 5.41) is 18.5. The smallest absolute Gasteiger partial charge is 0.329 e. The summed E-state index contributed by atoms with van der Waals surface area (Å²) < 4.78 is 0. The average molecular weight is 257 g/mol. The topological polar surface area (TPSA) is 77.8 Å². The molecular formula is C13H23NO4. The van der Waals surface area contributed by atoms with Crippen molar-refractivity contribution in [3.05, 3.63) is 0 Å². The molecular weight excluding hydrogens is 234 g/mol. The average Bonchev–Trinajstić information content (AvgIpc) is 2.70. The number of aliphatic hydroxyl groups is 1. The van der Waals surface area contributed by atoms with E-state index < -0.39 is 18.1 Å². The number of carboxylic acid groups (broad SMARTS) is 1. The molecule has 1 aliphatic rings. The minimum Gasteiger partial charge on any atom is -0.480 e. The number of amides is 1. The molecule has 0 saturated carbocycles. The van der Waals surface area contributed by atoms with Gasteiger partial charge in [-0.25, -0.2) is 4.79 Å². The molecule has 0 aromatic heterocycles. The Kier molecular flexibility index (Phi) is 6.12. The first-order chi connectivity index (χ1) is 8.57. The first-order valence-electron chi connectivity index (χ1n) is 6.78. The molecule has 18 heavy (non-hydrogen) atoms. The number of hydrogen-bond acceptors (Lipinski definition) is 3. The normalized spacial score (nSPS) is 23.3. The van der Waals surface area contributed by atoms with Crippen molar-refractivity contribution in [1.82, 2.24) is 4.90 Å². The maximum absolute atomic E-state index is 11.9. The molecule has 0 aromatic rings. The molecule has 1 heterocycles. The Hall–Kier alpha value is -1.10. The number of nitrogens with zero attached hydrogens (tertiary/aromatic N) is 1. The third-order valence-corrected chi connectivity index (χ3v) is 3.43. The van der Waals surface area contributed by atoms with E-state index in [0.29, 0.717) is 19.4 Å². The molecule has 2 N–H and O–H groups in total. The number of aliphatic carboxylic acids is 1. The van der Waals surface area contributed by atoms with E-state index in [9.17, 15) is 14.7 Å². The van der Waals surface area contributed by atoms with Gasteiger partial charge in [-0.1, -0.05) is 32.6 Å². The van der Waals surface area contributed by atoms with Crippen molar-refractivity contribution in [3.63, 3.8) is 0 Å². The molecule has 0 aliphatic carbocycles. The SMILES string of the molecule is CCCCCCCC(=O)N1CCC(O)[C@H]1C(=O)O. The van der Waals surface area contributed by atoms with Gasteiger partial charge in [0.2, 0.25) is 5.91 Å². The van der Waals surface area contributed by atoms with Gasteiger partial charge in [0.1, 0.15) is 0 Å². The Balaban J connectivity index is 2.34. The van der Waals surface area contributed by atoms with Gasteiger partial charge in [0, 0.05) is 13.0 Å². The Morgan fingerprint density at radius 2 is 1.89 bits per heavy atom. The van der Waals surface area contributed by atoms with Crippen LogP contribution in [0.25, 0.3) is 0 Å². The number of likely N-dealkylation sites (tertiary alicyclic amines) is 1. The Bertz CT molecular complexity index is 293. The maximum atomic E-state index is 11.9. The number of carboxylic acids is 1. The number of rotatable bonds is 7. The van der Waals surface area contributed by atoms with Gasteiger partial charge in [0.05, 0.1) is 6.10 Å². The van der Waals surface area contributed by atoms with E-state index in [4.69, 9.17) is 5.11 Å². The summed E-state index contributed by atoms with van der Waals surface area (Å²) in [6, 6.07) is -1.05. The number of carbonyl (C=O) groups excluding carboxylic acids is 1. The van der Waals surface area contributed by atoms with E-state index in [0.717, 1.165) is 25.7 Å². The van der Waals surface area contributed by atoms with Crippen LogP contribution in [0.3, 0.4) is 0 Å². The minimum atomic E-state index is -1.11. The summed E-state index contributed by atoms with van der Waals surface area (Å²) >= 11 is 0. The molecule has 0 aromatic carbocycles. The summed E-state index contributed by atoms with van der Waals surface area (Å²) in [6.07, 6.45) is 5.09. The van der Waals surface area contributed by atoms with E-state index in [1.165, 1.54) is 11.3 Å². The summed E-state index contributed by atoms with van der Waals surface area (Å²) in [4.78, 5) is 24.2. The van der Waals surface area contributed by atoms with Crippen LogP contribution in [-0.4, -0.2) is 45.7 Å². The van der Waals surface area contributed by atoms with Crippen molar-refractivity contribution >= 4 is 11.9 Å². The third-order valence-electron chi connectivity index (χ3n) is 3.43. The van der Waals surface area contributed by atoms with Crippen LogP contribution in [0.5, 0.6) is 0 Å². The summed E-state index contributed by atoms with van der Waals surface area (Å²) in [7, 11) is 0. The van der Waals surface area contributed by atoms with Gasteiger partial charge < -0.3 is 15.1 Å². The fourth-order valence-corrected chi connectivity index (χ4v) is 2.38. The molecule has 2 atom stereocenters. The van der Waals surface area contributed by atoms with E-state index in [1.807, 2.05) is 0 Å². The maximum Gasteiger partial charge on any atom is 0.329 e. The van der Waals surface area contributed by atoms with Crippen molar-refractivity contribution in [2.45, 2.75) is 64.0 Å². The third kappa shape index (κ3) is 3.98. The second-order valence-electron chi connectivity index (χ2n) is 4.89. The summed E-state index contributed by atoms with van der Waals surface area (Å²) in [5.74, 6) is -1.25. The molecule has 5 nitrogen and oxygen atoms in total. The fraction of sp³-hybridized carbons (Fsp3) is 0.846. The zero-order valence-electron chi connectivity index (χ0n) is 11.0. The lowest BCUT2D eigenvalue weighted by atomic mass is 10.1. The lowest BCUT2D eigenvalue weighted by molar-refractivity contribution is -0.151. The van der Waals surface area contributed by atoms with Crippen LogP contribution in [0.1, 0.15) is 51.9 Å². The highest BCUT2D eigenvalue weighted by Crippen LogP contribution is 2.20. The molecule has 1 rings (SSSR count). The summed E-state index contributed by atoms with van der Waals surface area (Å²) in [6.45, 7) is 2.49. The van der Waals surface area contributed by atoms with E-state index in [-0.39, 0.29) is 5.91 Å². The first kappa shape index (κ1) is 15.0. The highest BCUT2D eigenvalue weighted by molar-refractivity contribution is 5.84. The molecule has 1 amide bonds. The molecule has 1 aliphatic heterocycles. The standard InChI is InChI=1S/C13H23NO4/c1-2-3-4-5-6-7-11(16)14-9-8-10(15)12(14)13(17)18/h10,12,15H,2-9H2,1H3,(H,17,18)/t10?,12-/m0/s1. The van der Waals surface area contributed by atoms with Crippen molar-refractivity contribution < 1.29 is 19.8 Å². The van der Waals surface area contributed by atoms with Crippen molar-refractivity contribution in [2.24, 2.45) is 0 Å². The quantitative estimate of drug-likeness (QED) is 0.676. The van der Waals surface area contributed by atoms with E-state index in [1.54, 1.807) is 0 Å². The van der Waals surface area contributed by atoms with Crippen LogP contribution in [0.4, 0.5) is 0 Å². The Morgan fingerprint density at radius 1 is 1.22 bits per heavy atom. The molecule has 0 bridgehead atoms. The van der Waals surface area contributed by atoms with Crippen LogP contribution in [0, 0.1) is 0 Å². The monoisotopic (exact) mass is 257 g/mol. The van der Waals surface area contributed by atoms with Gasteiger partial charge in [-0.2, -0.15) is 0 Å². The van der Waals surface area contributed by atoms with Crippen LogP contribution in [0.15, 0.2) is 0 Å². The minimum absolute atomic E-state index is 0.143. The van der Waals surface area contributed by atoms with Gasteiger partial charge in [0.25, 0.3) is 0 Å². The van der Waals surface area contributed by atoms with Crippen LogP contribution in [0.2, 0.25) is 0 Å². The molecule has 1 fully saturated rings.